The van der Waals surface area contributed by atoms with Crippen LogP contribution in [0.15, 0.2) is 304 Å². The van der Waals surface area contributed by atoms with Crippen molar-refractivity contribution >= 4 is 185 Å². The zero-order valence-corrected chi connectivity index (χ0v) is 71.2. The van der Waals surface area contributed by atoms with Gasteiger partial charge in [0.15, 0.2) is 18.3 Å². The largest absolute Gasteiger partial charge is 0.304 e. The van der Waals surface area contributed by atoms with Gasteiger partial charge in [-0.1, -0.05) is 235 Å². The summed E-state index contributed by atoms with van der Waals surface area (Å²) in [5.41, 5.74) is 34.9. The predicted octanol–water partition coefficient (Wildman–Crippen LogP) is 24.8. The molecule has 15 aromatic carbocycles. The van der Waals surface area contributed by atoms with Crippen molar-refractivity contribution in [2.45, 2.75) is 55.4 Å². The molecule has 0 amide bonds. The summed E-state index contributed by atoms with van der Waals surface area (Å²) in [7, 11) is 8.51. The van der Waals surface area contributed by atoms with E-state index in [2.05, 4.69) is 411 Å². The maximum atomic E-state index is 5.09. The van der Waals surface area contributed by atoms with Crippen LogP contribution in [0.25, 0.3) is 230 Å². The van der Waals surface area contributed by atoms with Crippen molar-refractivity contribution in [3.63, 3.8) is 0 Å². The van der Waals surface area contributed by atoms with Crippen molar-refractivity contribution in [2.24, 2.45) is 28.2 Å². The SMILES string of the molecule is Cc1c(-c2c3cc4ccccc4c(C)c3nc[n+]2C)n2c3ccccc3c3cccc1c32.Cc1n[n+](C)c(-c2c(C)c3cccc4c5ccccc5n2c34)c2cc3ccccc3cc12.Cc1nc2cc3ccccc3cc2[n+](C)c1-c1c(C)c2cccc3c4ccccc4n1c23.Cc1nc2ccccc2[n+](C)c1-c1c(C)c2cccc3c4ccccc4n1c23. The molecule has 0 radical (unpaired) electrons. The van der Waals surface area contributed by atoms with Gasteiger partial charge in [0.1, 0.15) is 59.3 Å². The van der Waals surface area contributed by atoms with Gasteiger partial charge < -0.3 is 17.6 Å². The Bertz CT molecular complexity index is 9050. The van der Waals surface area contributed by atoms with Crippen LogP contribution in [0.5, 0.6) is 0 Å². The van der Waals surface area contributed by atoms with Gasteiger partial charge in [0, 0.05) is 87.7 Å². The first-order valence-corrected chi connectivity index (χ1v) is 42.9. The topological polar surface area (TPSA) is 84.7 Å². The Hall–Kier alpha value is -15.4. The van der Waals surface area contributed by atoms with Crippen LogP contribution in [-0.2, 0) is 28.2 Å². The van der Waals surface area contributed by atoms with Crippen molar-refractivity contribution in [3.05, 3.63) is 348 Å². The van der Waals surface area contributed by atoms with Crippen LogP contribution in [0.4, 0.5) is 0 Å². The summed E-state index contributed by atoms with van der Waals surface area (Å²) in [6, 6.07) is 107. The van der Waals surface area contributed by atoms with E-state index < -0.39 is 0 Å². The lowest BCUT2D eigenvalue weighted by Gasteiger charge is -2.11. The van der Waals surface area contributed by atoms with Crippen molar-refractivity contribution in [2.75, 3.05) is 0 Å². The average molecular weight is 1600 g/mol. The molecule has 0 saturated heterocycles. The monoisotopic (exact) mass is 1600 g/mol. The van der Waals surface area contributed by atoms with E-state index in [1.54, 1.807) is 0 Å². The van der Waals surface area contributed by atoms with Gasteiger partial charge in [0.2, 0.25) is 11.0 Å². The zero-order chi connectivity index (χ0) is 83.7. The van der Waals surface area contributed by atoms with Crippen molar-refractivity contribution in [1.82, 2.24) is 37.7 Å². The molecule has 0 atom stereocenters. The van der Waals surface area contributed by atoms with E-state index in [0.717, 1.165) is 50.4 Å². The molecule has 590 valence electrons. The third-order valence-electron chi connectivity index (χ3n) is 27.4. The summed E-state index contributed by atoms with van der Waals surface area (Å²) in [5.74, 6) is 0. The smallest absolute Gasteiger partial charge is 0.287 e. The van der Waals surface area contributed by atoms with Crippen LogP contribution in [0.2, 0.25) is 0 Å². The Morgan fingerprint density at radius 2 is 0.581 bits per heavy atom. The van der Waals surface area contributed by atoms with Gasteiger partial charge in [0.25, 0.3) is 23.4 Å². The van der Waals surface area contributed by atoms with Gasteiger partial charge in [-0.15, -0.1) is 0 Å². The molecular weight excluding hydrogens is 1510 g/mol. The summed E-state index contributed by atoms with van der Waals surface area (Å²) < 4.78 is 18.7. The number of hydrogen-bond donors (Lipinski definition) is 0. The Labute approximate surface area is 713 Å². The second-order valence-corrected chi connectivity index (χ2v) is 34.1. The number of aromatic nitrogens is 12. The van der Waals surface area contributed by atoms with Crippen molar-refractivity contribution in [1.29, 1.82) is 0 Å². The minimum atomic E-state index is 1.03. The van der Waals surface area contributed by atoms with E-state index >= 15 is 0 Å². The van der Waals surface area contributed by atoms with E-state index in [1.807, 2.05) is 12.4 Å². The summed E-state index contributed by atoms with van der Waals surface area (Å²) in [6.45, 7) is 17.5. The second-order valence-electron chi connectivity index (χ2n) is 34.1. The van der Waals surface area contributed by atoms with E-state index in [4.69, 9.17) is 20.1 Å². The molecule has 0 aliphatic rings. The lowest BCUT2D eigenvalue weighted by molar-refractivity contribution is -0.719. The van der Waals surface area contributed by atoms with Gasteiger partial charge in [-0.3, -0.25) is 0 Å². The number of benzene rings is 15. The minimum absolute atomic E-state index is 1.03. The highest BCUT2D eigenvalue weighted by Gasteiger charge is 2.34. The zero-order valence-electron chi connectivity index (χ0n) is 71.2. The first-order chi connectivity index (χ1) is 60.6. The van der Waals surface area contributed by atoms with E-state index in [9.17, 15) is 0 Å². The first kappa shape index (κ1) is 72.6. The van der Waals surface area contributed by atoms with Crippen LogP contribution in [0.1, 0.15) is 44.9 Å². The Kier molecular flexibility index (Phi) is 15.8. The van der Waals surface area contributed by atoms with Gasteiger partial charge >= 0.3 is 0 Å². The fourth-order valence-electron chi connectivity index (χ4n) is 21.9. The van der Waals surface area contributed by atoms with Crippen LogP contribution in [0, 0.1) is 55.4 Å². The van der Waals surface area contributed by atoms with Gasteiger partial charge in [0.05, 0.1) is 67.6 Å². The molecule has 0 bridgehead atoms. The van der Waals surface area contributed by atoms with Crippen LogP contribution in [0.3, 0.4) is 0 Å². The molecule has 27 aromatic rings. The van der Waals surface area contributed by atoms with Crippen LogP contribution < -0.4 is 18.4 Å². The molecule has 0 N–H and O–H groups in total. The van der Waals surface area contributed by atoms with Crippen molar-refractivity contribution < 1.29 is 18.4 Å². The number of fused-ring (bicyclic) bond motifs is 19. The number of rotatable bonds is 4. The Morgan fingerprint density at radius 3 is 1.05 bits per heavy atom. The lowest BCUT2D eigenvalue weighted by atomic mass is 9.98. The number of para-hydroxylation sites is 10. The lowest BCUT2D eigenvalue weighted by Crippen LogP contribution is -2.37. The molecule has 0 aliphatic carbocycles. The Morgan fingerprint density at radius 1 is 0.242 bits per heavy atom. The highest BCUT2D eigenvalue weighted by atomic mass is 15.3. The maximum absolute atomic E-state index is 5.09. The van der Waals surface area contributed by atoms with E-state index in [0.29, 0.717) is 0 Å². The molecule has 0 spiro atoms. The third kappa shape index (κ3) is 10.2. The number of nitrogens with zero attached hydrogens (tertiary/aromatic N) is 12. The summed E-state index contributed by atoms with van der Waals surface area (Å²) in [4.78, 5) is 14.9. The summed E-state index contributed by atoms with van der Waals surface area (Å²) in [6.07, 6.45) is 1.96. The molecule has 12 heterocycles. The van der Waals surface area contributed by atoms with Crippen molar-refractivity contribution in [3.8, 4) is 45.6 Å². The van der Waals surface area contributed by atoms with Crippen LogP contribution >= 0.6 is 0 Å². The molecular formula is C112H86N12+4. The maximum Gasteiger partial charge on any atom is 0.287 e. The normalized spacial score (nSPS) is 12.2. The molecule has 0 saturated carbocycles. The molecule has 124 heavy (non-hydrogen) atoms. The van der Waals surface area contributed by atoms with Gasteiger partial charge in [-0.2, -0.15) is 9.13 Å². The first-order valence-electron chi connectivity index (χ1n) is 42.9. The predicted molar refractivity (Wildman–Crippen MR) is 512 cm³/mol. The van der Waals surface area contributed by atoms with E-state index in [-0.39, 0.29) is 0 Å². The molecule has 27 rings (SSSR count). The van der Waals surface area contributed by atoms with Gasteiger partial charge in [-0.25, -0.2) is 14.5 Å². The van der Waals surface area contributed by atoms with Gasteiger partial charge in [-0.05, 0) is 175 Å². The Balaban J connectivity index is 0.0000000931. The minimum Gasteiger partial charge on any atom is -0.304 e. The number of hydrogen-bond acceptors (Lipinski definition) is 4. The quantitative estimate of drug-likeness (QED) is 0.130. The highest BCUT2D eigenvalue weighted by Crippen LogP contribution is 2.48. The fourth-order valence-corrected chi connectivity index (χ4v) is 21.9. The van der Waals surface area contributed by atoms with E-state index in [1.165, 1.54) is 225 Å². The van der Waals surface area contributed by atoms with Crippen LogP contribution in [-0.4, -0.2) is 37.7 Å². The molecule has 12 heteroatoms. The average Bonchev–Trinajstić information content (AvgIpc) is 1.54. The highest BCUT2D eigenvalue weighted by molar-refractivity contribution is 6.22. The number of aryl methyl sites for hydroxylation is 12. The molecule has 0 fully saturated rings. The molecule has 12 aromatic heterocycles. The fraction of sp³-hybridized carbons (Fsp3) is 0.107. The second kappa shape index (κ2) is 27.1. The summed E-state index contributed by atoms with van der Waals surface area (Å²) >= 11 is 0. The molecule has 0 unspecified atom stereocenters. The summed E-state index contributed by atoms with van der Waals surface area (Å²) in [5, 5.41) is 31.8. The molecule has 0 aliphatic heterocycles. The molecule has 12 nitrogen and oxygen atoms in total. The standard InChI is InChI=1S/3C29H22N3.C25H20N3/c1-17-20-10-5-4-9-19(20)15-24-26(17)30-16-31(3)29(24)27-18(2)21-12-8-13-23-22-11-6-7-14-25(22)32(27)28(21)23;1-17-21-12-8-13-23-22-11-6-7-14-25(22)32(29(21)23)27(17)28-18(2)30-24-15-19-9-4-5-10-20(19)16-26(24)31(28)3;1-17-21-12-8-13-23-22-11-6-7-14-26(22)32(28(21)23)27(17)29-25-16-20-10-5-4-9-19(20)15-24(25)18(2)30-31(29)3;1-15-17-10-8-11-19-18-9-4-6-13-21(18)28(25(17)19)23(15)24-16(2)26-20-12-5-7-14-22(20)27(24)3/h3*4-16H,1-3H3;4-14H,1-3H3/q4*+1. The third-order valence-corrected chi connectivity index (χ3v) is 27.4.